The molecule has 1 aromatic carbocycles. The summed E-state index contributed by atoms with van der Waals surface area (Å²) in [6.07, 6.45) is 8.05. The van der Waals surface area contributed by atoms with E-state index in [1.807, 2.05) is 12.1 Å². The van der Waals surface area contributed by atoms with E-state index in [0.717, 1.165) is 44.3 Å². The quantitative estimate of drug-likeness (QED) is 0.714. The highest BCUT2D eigenvalue weighted by Crippen LogP contribution is 2.38. The number of hydrogen-bond donors (Lipinski definition) is 1. The molecule has 3 fully saturated rings. The van der Waals surface area contributed by atoms with Crippen LogP contribution in [0.2, 0.25) is 5.02 Å². The van der Waals surface area contributed by atoms with E-state index in [1.54, 1.807) is 6.07 Å². The maximum absolute atomic E-state index is 12.6. The molecule has 1 amide bonds. The van der Waals surface area contributed by atoms with Crippen molar-refractivity contribution in [3.05, 3.63) is 28.8 Å². The Morgan fingerprint density at radius 1 is 1.10 bits per heavy atom. The maximum atomic E-state index is 12.6. The van der Waals surface area contributed by atoms with E-state index in [2.05, 4.69) is 10.2 Å². The molecule has 1 N–H and O–H groups in total. The molecule has 3 aliphatic rings. The van der Waals surface area contributed by atoms with Gasteiger partial charge >= 0.3 is 0 Å². The topological polar surface area (TPSA) is 75.7 Å². The molecule has 1 aromatic rings. The third-order valence-corrected chi connectivity index (χ3v) is 8.61. The molecule has 0 bridgehead atoms. The number of carbonyl (C=O) groups is 1. The molecule has 2 saturated heterocycles. The lowest BCUT2D eigenvalue weighted by Crippen LogP contribution is -2.51. The number of carbonyl (C=O) groups excluding carboxylic acids is 1. The van der Waals surface area contributed by atoms with Crippen LogP contribution in [0, 0.1) is 0 Å². The van der Waals surface area contributed by atoms with Crippen LogP contribution in [0.5, 0.6) is 5.75 Å². The first-order chi connectivity index (χ1) is 14.4. The fourth-order valence-electron chi connectivity index (χ4n) is 5.18. The monoisotopic (exact) mass is 454 g/mol. The predicted molar refractivity (Wildman–Crippen MR) is 118 cm³/mol. The van der Waals surface area contributed by atoms with Crippen LogP contribution in [0.4, 0.5) is 0 Å². The van der Waals surface area contributed by atoms with Gasteiger partial charge in [-0.3, -0.25) is 9.69 Å². The minimum atomic E-state index is -3.13. The first-order valence-electron chi connectivity index (χ1n) is 11.1. The number of amides is 1. The SMILES string of the molecule is O=C(COc1ccc(Cl)cc1C1CCCCC1)NC1CS(=O)(=O)CC1N1CCCC1. The van der Waals surface area contributed by atoms with Crippen molar-refractivity contribution >= 4 is 27.3 Å². The van der Waals surface area contributed by atoms with Gasteiger partial charge in [0.05, 0.1) is 17.5 Å². The molecule has 1 saturated carbocycles. The van der Waals surface area contributed by atoms with Crippen LogP contribution in [0.25, 0.3) is 0 Å². The number of ether oxygens (including phenoxy) is 1. The van der Waals surface area contributed by atoms with Crippen molar-refractivity contribution < 1.29 is 17.9 Å². The fourth-order valence-corrected chi connectivity index (χ4v) is 7.31. The van der Waals surface area contributed by atoms with Gasteiger partial charge in [-0.05, 0) is 68.5 Å². The smallest absolute Gasteiger partial charge is 0.258 e. The highest BCUT2D eigenvalue weighted by Gasteiger charge is 2.42. The second kappa shape index (κ2) is 9.45. The molecule has 0 aromatic heterocycles. The van der Waals surface area contributed by atoms with E-state index in [-0.39, 0.29) is 36.1 Å². The Hall–Kier alpha value is -1.31. The summed E-state index contributed by atoms with van der Waals surface area (Å²) in [4.78, 5) is 14.8. The molecule has 30 heavy (non-hydrogen) atoms. The summed E-state index contributed by atoms with van der Waals surface area (Å²) in [5.74, 6) is 0.980. The van der Waals surface area contributed by atoms with Crippen LogP contribution in [-0.2, 0) is 14.6 Å². The molecule has 2 atom stereocenters. The summed E-state index contributed by atoms with van der Waals surface area (Å²) in [5.41, 5.74) is 1.08. The molecular formula is C22H31ClN2O4S. The van der Waals surface area contributed by atoms with Gasteiger partial charge in [0.25, 0.3) is 5.91 Å². The van der Waals surface area contributed by atoms with Gasteiger partial charge in [-0.1, -0.05) is 30.9 Å². The third-order valence-electron chi connectivity index (χ3n) is 6.65. The molecule has 166 valence electrons. The Morgan fingerprint density at radius 3 is 2.57 bits per heavy atom. The van der Waals surface area contributed by atoms with Gasteiger partial charge in [0.1, 0.15) is 5.75 Å². The van der Waals surface area contributed by atoms with Crippen LogP contribution in [0.3, 0.4) is 0 Å². The first-order valence-corrected chi connectivity index (χ1v) is 13.3. The predicted octanol–water partition coefficient (Wildman–Crippen LogP) is 3.14. The van der Waals surface area contributed by atoms with Crippen molar-refractivity contribution in [2.75, 3.05) is 31.2 Å². The van der Waals surface area contributed by atoms with Gasteiger partial charge < -0.3 is 10.1 Å². The van der Waals surface area contributed by atoms with Crippen molar-refractivity contribution in [1.82, 2.24) is 10.2 Å². The molecule has 4 rings (SSSR count). The van der Waals surface area contributed by atoms with Crippen LogP contribution >= 0.6 is 11.6 Å². The van der Waals surface area contributed by atoms with E-state index in [9.17, 15) is 13.2 Å². The second-order valence-corrected chi connectivity index (χ2v) is 11.5. The van der Waals surface area contributed by atoms with Crippen LogP contribution in [-0.4, -0.2) is 62.5 Å². The van der Waals surface area contributed by atoms with Crippen molar-refractivity contribution in [2.45, 2.75) is 62.9 Å². The summed E-state index contributed by atoms with van der Waals surface area (Å²) in [5, 5.41) is 3.61. The van der Waals surface area contributed by atoms with Gasteiger partial charge in [-0.15, -0.1) is 0 Å². The Kier molecular flexibility index (Phi) is 6.90. The van der Waals surface area contributed by atoms with Crippen molar-refractivity contribution in [3.63, 3.8) is 0 Å². The van der Waals surface area contributed by atoms with Crippen molar-refractivity contribution in [3.8, 4) is 5.75 Å². The van der Waals surface area contributed by atoms with E-state index in [1.165, 1.54) is 19.3 Å². The number of benzene rings is 1. The van der Waals surface area contributed by atoms with Gasteiger partial charge in [0.2, 0.25) is 0 Å². The summed E-state index contributed by atoms with van der Waals surface area (Å²) in [6.45, 7) is 1.68. The number of likely N-dealkylation sites (tertiary alicyclic amines) is 1. The Labute approximate surface area is 184 Å². The van der Waals surface area contributed by atoms with Gasteiger partial charge in [-0.2, -0.15) is 0 Å². The first kappa shape index (κ1) is 21.9. The normalized spacial score (nSPS) is 27.2. The second-order valence-electron chi connectivity index (χ2n) is 8.87. The van der Waals surface area contributed by atoms with Crippen LogP contribution in [0.15, 0.2) is 18.2 Å². The Bertz CT molecular complexity index is 864. The third kappa shape index (κ3) is 5.29. The number of sulfone groups is 1. The maximum Gasteiger partial charge on any atom is 0.258 e. The number of rotatable bonds is 6. The minimum Gasteiger partial charge on any atom is -0.483 e. The molecule has 0 spiro atoms. The molecule has 2 unspecified atom stereocenters. The zero-order valence-corrected chi connectivity index (χ0v) is 18.9. The average molecular weight is 455 g/mol. The Morgan fingerprint density at radius 2 is 1.83 bits per heavy atom. The Balaban J connectivity index is 1.39. The van der Waals surface area contributed by atoms with Crippen molar-refractivity contribution in [2.24, 2.45) is 0 Å². The number of halogens is 1. The molecule has 1 aliphatic carbocycles. The molecule has 6 nitrogen and oxygen atoms in total. The number of nitrogens with one attached hydrogen (secondary N) is 1. The van der Waals surface area contributed by atoms with Gasteiger partial charge in [0.15, 0.2) is 16.4 Å². The molecule has 8 heteroatoms. The molecule has 2 aliphatic heterocycles. The molecular weight excluding hydrogens is 424 g/mol. The largest absolute Gasteiger partial charge is 0.483 e. The number of nitrogens with zero attached hydrogens (tertiary/aromatic N) is 1. The zero-order valence-electron chi connectivity index (χ0n) is 17.3. The van der Waals surface area contributed by atoms with E-state index in [0.29, 0.717) is 16.7 Å². The molecule has 2 heterocycles. The summed E-state index contributed by atoms with van der Waals surface area (Å²) < 4.78 is 30.3. The summed E-state index contributed by atoms with van der Waals surface area (Å²) in [6, 6.07) is 5.08. The highest BCUT2D eigenvalue weighted by atomic mass is 35.5. The fraction of sp³-hybridized carbons (Fsp3) is 0.682. The van der Waals surface area contributed by atoms with E-state index < -0.39 is 9.84 Å². The van der Waals surface area contributed by atoms with Crippen molar-refractivity contribution in [1.29, 1.82) is 0 Å². The molecule has 0 radical (unpaired) electrons. The summed E-state index contributed by atoms with van der Waals surface area (Å²) in [7, 11) is -3.13. The van der Waals surface area contributed by atoms with Crippen LogP contribution in [0.1, 0.15) is 56.4 Å². The highest BCUT2D eigenvalue weighted by molar-refractivity contribution is 7.91. The summed E-state index contributed by atoms with van der Waals surface area (Å²) >= 11 is 6.22. The lowest BCUT2D eigenvalue weighted by Gasteiger charge is -2.28. The lowest BCUT2D eigenvalue weighted by molar-refractivity contribution is -0.124. The standard InChI is InChI=1S/C22H31ClN2O4S/c23-17-8-9-21(18(12-17)16-6-2-1-3-7-16)29-13-22(26)24-19-14-30(27,28)15-20(19)25-10-4-5-11-25/h8-9,12,16,19-20H,1-7,10-11,13-15H2,(H,24,26). The van der Waals surface area contributed by atoms with E-state index >= 15 is 0 Å². The average Bonchev–Trinajstić information content (AvgIpc) is 3.35. The number of hydrogen-bond acceptors (Lipinski definition) is 5. The lowest BCUT2D eigenvalue weighted by atomic mass is 9.84. The van der Waals surface area contributed by atoms with Gasteiger partial charge in [-0.25, -0.2) is 8.42 Å². The van der Waals surface area contributed by atoms with Crippen LogP contribution < -0.4 is 10.1 Å². The minimum absolute atomic E-state index is 0.00811. The van der Waals surface area contributed by atoms with Gasteiger partial charge in [0, 0.05) is 11.1 Å². The van der Waals surface area contributed by atoms with E-state index in [4.69, 9.17) is 16.3 Å². The zero-order chi connectivity index (χ0) is 21.1.